The van der Waals surface area contributed by atoms with Crippen LogP contribution in [0.1, 0.15) is 5.69 Å². The molecule has 0 aliphatic rings. The van der Waals surface area contributed by atoms with Crippen LogP contribution in [-0.2, 0) is 6.18 Å². The van der Waals surface area contributed by atoms with E-state index in [0.29, 0.717) is 0 Å². The molecule has 0 radical (unpaired) electrons. The van der Waals surface area contributed by atoms with Crippen molar-refractivity contribution in [3.05, 3.63) is 40.6 Å². The summed E-state index contributed by atoms with van der Waals surface area (Å²) in [6.45, 7) is -2.99. The maximum atomic E-state index is 12.6. The Hall–Kier alpha value is -1.97. The number of nitrogens with zero attached hydrogens (tertiary/aromatic N) is 2. The summed E-state index contributed by atoms with van der Waals surface area (Å²) in [7, 11) is 0. The van der Waals surface area contributed by atoms with Crippen LogP contribution in [-0.4, -0.2) is 16.6 Å². The van der Waals surface area contributed by atoms with E-state index in [9.17, 15) is 22.0 Å². The van der Waals surface area contributed by atoms with E-state index < -0.39 is 18.5 Å². The summed E-state index contributed by atoms with van der Waals surface area (Å²) in [5.41, 5.74) is -1.07. The Kier molecular flexibility index (Phi) is 4.79. The lowest BCUT2D eigenvalue weighted by molar-refractivity contribution is -0.141. The number of alkyl halides is 5. The molecule has 10 heteroatoms. The highest BCUT2D eigenvalue weighted by Gasteiger charge is 2.33. The molecule has 0 aliphatic carbocycles. The first kappa shape index (κ1) is 16.4. The quantitative estimate of drug-likeness (QED) is 0.783. The molecule has 0 spiro atoms. The second-order valence-corrected chi connectivity index (χ2v) is 4.76. The molecular formula is C12H7BrF5N3O. The summed E-state index contributed by atoms with van der Waals surface area (Å²) in [5, 5.41) is 2.55. The molecule has 0 saturated carbocycles. The largest absolute Gasteiger partial charge is 0.433 e. The molecule has 1 N–H and O–H groups in total. The molecule has 0 aliphatic heterocycles. The van der Waals surface area contributed by atoms with Crippen LogP contribution in [0.5, 0.6) is 5.75 Å². The minimum absolute atomic E-state index is 0.107. The zero-order valence-corrected chi connectivity index (χ0v) is 12.1. The number of hydrogen-bond acceptors (Lipinski definition) is 4. The van der Waals surface area contributed by atoms with E-state index in [0.717, 1.165) is 12.3 Å². The Morgan fingerprint density at radius 2 is 1.86 bits per heavy atom. The van der Waals surface area contributed by atoms with Crippen LogP contribution in [0.3, 0.4) is 0 Å². The van der Waals surface area contributed by atoms with Crippen LogP contribution in [0.25, 0.3) is 0 Å². The monoisotopic (exact) mass is 383 g/mol. The Balaban J connectivity index is 2.20. The zero-order chi connectivity index (χ0) is 16.3. The third-order valence-electron chi connectivity index (χ3n) is 2.34. The Labute approximate surface area is 129 Å². The molecule has 22 heavy (non-hydrogen) atoms. The van der Waals surface area contributed by atoms with Crippen molar-refractivity contribution in [3.8, 4) is 5.75 Å². The van der Waals surface area contributed by atoms with Gasteiger partial charge >= 0.3 is 12.8 Å². The summed E-state index contributed by atoms with van der Waals surface area (Å²) >= 11 is 3.06. The van der Waals surface area contributed by atoms with Gasteiger partial charge in [-0.25, -0.2) is 9.97 Å². The van der Waals surface area contributed by atoms with Crippen molar-refractivity contribution >= 4 is 27.6 Å². The van der Waals surface area contributed by atoms with Gasteiger partial charge in [0.25, 0.3) is 0 Å². The average molecular weight is 384 g/mol. The minimum atomic E-state index is -4.58. The van der Waals surface area contributed by atoms with Crippen molar-refractivity contribution in [1.29, 1.82) is 0 Å². The van der Waals surface area contributed by atoms with E-state index in [1.165, 1.54) is 18.2 Å². The van der Waals surface area contributed by atoms with Crippen molar-refractivity contribution in [2.24, 2.45) is 0 Å². The Morgan fingerprint density at radius 3 is 2.41 bits per heavy atom. The first-order valence-electron chi connectivity index (χ1n) is 5.67. The normalized spacial score (nSPS) is 11.6. The fourth-order valence-corrected chi connectivity index (χ4v) is 1.76. The summed E-state index contributed by atoms with van der Waals surface area (Å²) in [6.07, 6.45) is -3.57. The fraction of sp³-hybridized carbons (Fsp3) is 0.167. The number of aromatic nitrogens is 2. The van der Waals surface area contributed by atoms with E-state index in [4.69, 9.17) is 0 Å². The molecule has 0 unspecified atom stereocenters. The van der Waals surface area contributed by atoms with Gasteiger partial charge in [-0.3, -0.25) is 0 Å². The Bertz CT molecular complexity index is 648. The summed E-state index contributed by atoms with van der Waals surface area (Å²) in [6, 6.07) is 4.48. The number of anilines is 2. The average Bonchev–Trinajstić information content (AvgIpc) is 2.41. The van der Waals surface area contributed by atoms with Gasteiger partial charge in [0.1, 0.15) is 23.1 Å². The first-order chi connectivity index (χ1) is 10.3. The van der Waals surface area contributed by atoms with Crippen LogP contribution >= 0.6 is 15.9 Å². The molecule has 0 fully saturated rings. The van der Waals surface area contributed by atoms with Crippen molar-refractivity contribution in [2.75, 3.05) is 5.32 Å². The maximum absolute atomic E-state index is 12.6. The number of rotatable bonds is 4. The number of nitrogens with one attached hydrogen (secondary N) is 1. The van der Waals surface area contributed by atoms with E-state index in [-0.39, 0.29) is 21.9 Å². The Morgan fingerprint density at radius 1 is 1.14 bits per heavy atom. The molecule has 118 valence electrons. The van der Waals surface area contributed by atoms with Crippen molar-refractivity contribution in [1.82, 2.24) is 9.97 Å². The zero-order valence-electron chi connectivity index (χ0n) is 10.5. The highest BCUT2D eigenvalue weighted by Crippen LogP contribution is 2.32. The van der Waals surface area contributed by atoms with Crippen molar-refractivity contribution in [2.45, 2.75) is 12.8 Å². The highest BCUT2D eigenvalue weighted by atomic mass is 79.9. The predicted molar refractivity (Wildman–Crippen MR) is 71.1 cm³/mol. The molecule has 0 atom stereocenters. The van der Waals surface area contributed by atoms with Crippen LogP contribution in [0.4, 0.5) is 33.6 Å². The van der Waals surface area contributed by atoms with Crippen LogP contribution in [0.2, 0.25) is 0 Å². The van der Waals surface area contributed by atoms with Gasteiger partial charge < -0.3 is 10.1 Å². The van der Waals surface area contributed by atoms with E-state index in [2.05, 4.69) is 36.0 Å². The lowest BCUT2D eigenvalue weighted by atomic mass is 10.3. The van der Waals surface area contributed by atoms with Crippen LogP contribution in [0, 0.1) is 0 Å². The maximum Gasteiger partial charge on any atom is 0.433 e. The van der Waals surface area contributed by atoms with Gasteiger partial charge in [0, 0.05) is 0 Å². The molecular weight excluding hydrogens is 377 g/mol. The van der Waals surface area contributed by atoms with Gasteiger partial charge in [0.2, 0.25) is 0 Å². The molecule has 2 heterocycles. The van der Waals surface area contributed by atoms with Gasteiger partial charge in [0.05, 0.1) is 10.7 Å². The lowest BCUT2D eigenvalue weighted by Crippen LogP contribution is -2.09. The van der Waals surface area contributed by atoms with E-state index in [1.807, 2.05) is 0 Å². The molecule has 2 aromatic rings. The highest BCUT2D eigenvalue weighted by molar-refractivity contribution is 9.10. The third-order valence-corrected chi connectivity index (χ3v) is 2.98. The predicted octanol–water partition coefficient (Wildman–Crippen LogP) is 4.60. The molecule has 0 amide bonds. The van der Waals surface area contributed by atoms with E-state index in [1.54, 1.807) is 0 Å². The molecule has 0 saturated heterocycles. The SMILES string of the molecule is FC(F)Oc1ccc(Nc2nc(C(F)(F)F)ccc2Br)nc1. The second kappa shape index (κ2) is 6.42. The van der Waals surface area contributed by atoms with E-state index >= 15 is 0 Å². The summed E-state index contributed by atoms with van der Waals surface area (Å²) in [4.78, 5) is 7.18. The fourth-order valence-electron chi connectivity index (χ4n) is 1.44. The summed E-state index contributed by atoms with van der Waals surface area (Å²) in [5.74, 6) is -0.157. The van der Waals surface area contributed by atoms with Crippen molar-refractivity contribution in [3.63, 3.8) is 0 Å². The third kappa shape index (κ3) is 4.26. The molecule has 2 aromatic heterocycles. The lowest BCUT2D eigenvalue weighted by Gasteiger charge is -2.11. The van der Waals surface area contributed by atoms with Gasteiger partial charge in [-0.05, 0) is 40.2 Å². The van der Waals surface area contributed by atoms with Crippen LogP contribution < -0.4 is 10.1 Å². The summed E-state index contributed by atoms with van der Waals surface area (Å²) < 4.78 is 66.2. The molecule has 4 nitrogen and oxygen atoms in total. The van der Waals surface area contributed by atoms with Gasteiger partial charge in [-0.2, -0.15) is 22.0 Å². The molecule has 0 bridgehead atoms. The topological polar surface area (TPSA) is 47.0 Å². The number of halogens is 6. The number of hydrogen-bond donors (Lipinski definition) is 1. The minimum Gasteiger partial charge on any atom is -0.433 e. The van der Waals surface area contributed by atoms with Crippen LogP contribution in [0.15, 0.2) is 34.9 Å². The van der Waals surface area contributed by atoms with Crippen molar-refractivity contribution < 1.29 is 26.7 Å². The smallest absolute Gasteiger partial charge is 0.433 e. The van der Waals surface area contributed by atoms with Gasteiger partial charge in [-0.1, -0.05) is 0 Å². The molecule has 0 aromatic carbocycles. The molecule has 2 rings (SSSR count). The van der Waals surface area contributed by atoms with Gasteiger partial charge in [-0.15, -0.1) is 0 Å². The number of ether oxygens (including phenoxy) is 1. The standard InChI is InChI=1S/C12H7BrF5N3O/c13-7-2-3-8(12(16,17)18)20-10(7)21-9-4-1-6(5-19-9)22-11(14)15/h1-5,11H,(H,19,20,21). The second-order valence-electron chi connectivity index (χ2n) is 3.91. The first-order valence-corrected chi connectivity index (χ1v) is 6.46. The number of pyridine rings is 2. The van der Waals surface area contributed by atoms with Gasteiger partial charge in [0.15, 0.2) is 0 Å².